The zero-order valence-electron chi connectivity index (χ0n) is 12.7. The fourth-order valence-corrected chi connectivity index (χ4v) is 2.90. The van der Waals surface area contributed by atoms with Crippen LogP contribution in [0.15, 0.2) is 48.7 Å². The van der Waals surface area contributed by atoms with Crippen LogP contribution in [0.2, 0.25) is 0 Å². The minimum absolute atomic E-state index is 0.216. The van der Waals surface area contributed by atoms with E-state index in [2.05, 4.69) is 15.8 Å². The van der Waals surface area contributed by atoms with Crippen LogP contribution < -0.4 is 10.9 Å². The molecule has 120 valence electrons. The van der Waals surface area contributed by atoms with Gasteiger partial charge in [-0.3, -0.25) is 20.4 Å². The molecular formula is C17H19N3O3. The summed E-state index contributed by atoms with van der Waals surface area (Å²) < 4.78 is 5.41. The van der Waals surface area contributed by atoms with E-state index in [1.807, 2.05) is 30.3 Å². The summed E-state index contributed by atoms with van der Waals surface area (Å²) in [5, 5.41) is 0. The first kappa shape index (κ1) is 15.3. The standard InChI is InChI=1S/C17H19N3O3/c21-15(14-7-4-10-18-14)19-20-16(22)17(8-11-23-12-9-17)13-5-2-1-3-6-13/h1-7,10,18H,8-9,11-12H2,(H,19,21)(H,20,22). The molecule has 0 spiro atoms. The first-order chi connectivity index (χ1) is 11.2. The van der Waals surface area contributed by atoms with E-state index in [0.29, 0.717) is 31.7 Å². The van der Waals surface area contributed by atoms with Crippen LogP contribution in [-0.4, -0.2) is 30.0 Å². The normalized spacial score (nSPS) is 16.5. The monoisotopic (exact) mass is 313 g/mol. The zero-order valence-corrected chi connectivity index (χ0v) is 12.7. The van der Waals surface area contributed by atoms with Crippen molar-refractivity contribution >= 4 is 11.8 Å². The van der Waals surface area contributed by atoms with E-state index < -0.39 is 5.41 Å². The van der Waals surface area contributed by atoms with Gasteiger partial charge in [0.15, 0.2) is 0 Å². The Labute approximate surface area is 134 Å². The lowest BCUT2D eigenvalue weighted by atomic mass is 9.73. The average Bonchev–Trinajstić information content (AvgIpc) is 3.15. The molecule has 0 aliphatic carbocycles. The van der Waals surface area contributed by atoms with E-state index in [-0.39, 0.29) is 11.8 Å². The van der Waals surface area contributed by atoms with E-state index in [9.17, 15) is 9.59 Å². The van der Waals surface area contributed by atoms with Crippen LogP contribution in [0.1, 0.15) is 28.9 Å². The molecule has 0 bridgehead atoms. The quantitative estimate of drug-likeness (QED) is 0.751. The van der Waals surface area contributed by atoms with Crippen molar-refractivity contribution in [2.75, 3.05) is 13.2 Å². The Morgan fingerprint density at radius 1 is 1.00 bits per heavy atom. The molecule has 0 saturated carbocycles. The number of hydrogen-bond acceptors (Lipinski definition) is 3. The van der Waals surface area contributed by atoms with Crippen molar-refractivity contribution in [2.45, 2.75) is 18.3 Å². The molecular weight excluding hydrogens is 294 g/mol. The number of aromatic nitrogens is 1. The van der Waals surface area contributed by atoms with E-state index in [1.165, 1.54) is 0 Å². The Bertz CT molecular complexity index is 662. The molecule has 1 saturated heterocycles. The molecule has 2 heterocycles. The van der Waals surface area contributed by atoms with Crippen molar-refractivity contribution < 1.29 is 14.3 Å². The van der Waals surface area contributed by atoms with Gasteiger partial charge in [0.2, 0.25) is 5.91 Å². The highest BCUT2D eigenvalue weighted by molar-refractivity contribution is 5.95. The largest absolute Gasteiger partial charge is 0.381 e. The molecule has 3 N–H and O–H groups in total. The first-order valence-corrected chi connectivity index (χ1v) is 7.60. The van der Waals surface area contributed by atoms with Crippen LogP contribution in [0, 0.1) is 0 Å². The van der Waals surface area contributed by atoms with Gasteiger partial charge < -0.3 is 9.72 Å². The Hall–Kier alpha value is -2.60. The predicted molar refractivity (Wildman–Crippen MR) is 84.6 cm³/mol. The summed E-state index contributed by atoms with van der Waals surface area (Å²) in [6.07, 6.45) is 2.82. The second kappa shape index (κ2) is 6.66. The summed E-state index contributed by atoms with van der Waals surface area (Å²) in [5.74, 6) is -0.592. The Morgan fingerprint density at radius 3 is 2.39 bits per heavy atom. The molecule has 6 heteroatoms. The molecule has 1 aromatic carbocycles. The number of amides is 2. The number of carbonyl (C=O) groups is 2. The lowest BCUT2D eigenvalue weighted by molar-refractivity contribution is -0.131. The highest BCUT2D eigenvalue weighted by Crippen LogP contribution is 2.34. The van der Waals surface area contributed by atoms with Gasteiger partial charge in [-0.15, -0.1) is 0 Å². The third-order valence-electron chi connectivity index (χ3n) is 4.24. The second-order valence-electron chi connectivity index (χ2n) is 5.55. The Morgan fingerprint density at radius 2 is 1.74 bits per heavy atom. The number of hydrogen-bond donors (Lipinski definition) is 3. The van der Waals surface area contributed by atoms with Gasteiger partial charge in [0.1, 0.15) is 5.69 Å². The first-order valence-electron chi connectivity index (χ1n) is 7.60. The fraction of sp³-hybridized carbons (Fsp3) is 0.294. The Balaban J connectivity index is 1.75. The number of carbonyl (C=O) groups excluding carboxylic acids is 2. The molecule has 6 nitrogen and oxygen atoms in total. The van der Waals surface area contributed by atoms with Crippen LogP contribution in [0.4, 0.5) is 0 Å². The van der Waals surface area contributed by atoms with Gasteiger partial charge in [0.05, 0.1) is 5.41 Å². The fourth-order valence-electron chi connectivity index (χ4n) is 2.90. The number of H-pyrrole nitrogens is 1. The van der Waals surface area contributed by atoms with Gasteiger partial charge in [-0.25, -0.2) is 0 Å². The smallest absolute Gasteiger partial charge is 0.286 e. The lowest BCUT2D eigenvalue weighted by Gasteiger charge is -2.36. The topological polar surface area (TPSA) is 83.2 Å². The highest BCUT2D eigenvalue weighted by Gasteiger charge is 2.41. The number of ether oxygens (including phenoxy) is 1. The number of aromatic amines is 1. The molecule has 1 aliphatic rings. The highest BCUT2D eigenvalue weighted by atomic mass is 16.5. The third-order valence-corrected chi connectivity index (χ3v) is 4.24. The van der Waals surface area contributed by atoms with Gasteiger partial charge in [-0.1, -0.05) is 30.3 Å². The van der Waals surface area contributed by atoms with Crippen molar-refractivity contribution in [2.24, 2.45) is 0 Å². The SMILES string of the molecule is O=C(NNC(=O)C1(c2ccccc2)CCOCC1)c1ccc[nH]1. The molecule has 0 atom stereocenters. The molecule has 23 heavy (non-hydrogen) atoms. The van der Waals surface area contributed by atoms with Crippen molar-refractivity contribution in [1.29, 1.82) is 0 Å². The van der Waals surface area contributed by atoms with E-state index >= 15 is 0 Å². The van der Waals surface area contributed by atoms with Crippen LogP contribution in [0.5, 0.6) is 0 Å². The van der Waals surface area contributed by atoms with Gasteiger partial charge in [0, 0.05) is 19.4 Å². The Kier molecular flexibility index (Phi) is 4.43. The maximum Gasteiger partial charge on any atom is 0.286 e. The maximum atomic E-state index is 12.8. The average molecular weight is 313 g/mol. The number of rotatable bonds is 3. The summed E-state index contributed by atoms with van der Waals surface area (Å²) in [5.41, 5.74) is 5.69. The van der Waals surface area contributed by atoms with Gasteiger partial charge in [-0.2, -0.15) is 0 Å². The number of benzene rings is 1. The van der Waals surface area contributed by atoms with Gasteiger partial charge in [-0.05, 0) is 30.5 Å². The molecule has 3 rings (SSSR count). The van der Waals surface area contributed by atoms with Crippen molar-refractivity contribution in [1.82, 2.24) is 15.8 Å². The summed E-state index contributed by atoms with van der Waals surface area (Å²) in [7, 11) is 0. The van der Waals surface area contributed by atoms with Gasteiger partial charge >= 0.3 is 0 Å². The number of nitrogens with one attached hydrogen (secondary N) is 3. The second-order valence-corrected chi connectivity index (χ2v) is 5.55. The molecule has 1 aromatic heterocycles. The van der Waals surface area contributed by atoms with E-state index in [1.54, 1.807) is 18.3 Å². The van der Waals surface area contributed by atoms with Crippen LogP contribution >= 0.6 is 0 Å². The molecule has 1 fully saturated rings. The van der Waals surface area contributed by atoms with Crippen LogP contribution in [0.3, 0.4) is 0 Å². The zero-order chi connectivity index (χ0) is 16.1. The van der Waals surface area contributed by atoms with Crippen molar-refractivity contribution in [3.8, 4) is 0 Å². The summed E-state index contributed by atoms with van der Waals surface area (Å²) in [6.45, 7) is 1.04. The molecule has 2 amide bonds. The van der Waals surface area contributed by atoms with E-state index in [0.717, 1.165) is 5.56 Å². The number of hydrazine groups is 1. The third kappa shape index (κ3) is 3.12. The predicted octanol–water partition coefficient (Wildman–Crippen LogP) is 1.52. The maximum absolute atomic E-state index is 12.8. The molecule has 0 radical (unpaired) electrons. The van der Waals surface area contributed by atoms with Gasteiger partial charge in [0.25, 0.3) is 5.91 Å². The van der Waals surface area contributed by atoms with Crippen molar-refractivity contribution in [3.05, 3.63) is 59.9 Å². The molecule has 0 unspecified atom stereocenters. The van der Waals surface area contributed by atoms with Crippen LogP contribution in [0.25, 0.3) is 0 Å². The van der Waals surface area contributed by atoms with E-state index in [4.69, 9.17) is 4.74 Å². The summed E-state index contributed by atoms with van der Waals surface area (Å²) in [4.78, 5) is 27.6. The van der Waals surface area contributed by atoms with Crippen molar-refractivity contribution in [3.63, 3.8) is 0 Å². The molecule has 2 aromatic rings. The minimum Gasteiger partial charge on any atom is -0.381 e. The lowest BCUT2D eigenvalue weighted by Crippen LogP contribution is -2.53. The van der Waals surface area contributed by atoms with Crippen LogP contribution in [-0.2, 0) is 14.9 Å². The molecule has 1 aliphatic heterocycles. The summed E-state index contributed by atoms with van der Waals surface area (Å²) >= 11 is 0. The minimum atomic E-state index is -0.678. The summed E-state index contributed by atoms with van der Waals surface area (Å²) in [6, 6.07) is 13.0.